The first kappa shape index (κ1) is 24.5. The average Bonchev–Trinajstić information content (AvgIpc) is 2.61. The first-order valence-corrected chi connectivity index (χ1v) is 8.67. The van der Waals surface area contributed by atoms with Gasteiger partial charge in [-0.15, -0.1) is 0 Å². The second kappa shape index (κ2) is 8.84. The number of rotatable bonds is 9. The summed E-state index contributed by atoms with van der Waals surface area (Å²) >= 11 is 0. The Bertz CT molecular complexity index is 853. The van der Waals surface area contributed by atoms with E-state index in [9.17, 15) is 44.5 Å². The number of ether oxygens (including phenoxy) is 3. The third kappa shape index (κ3) is 5.95. The number of halogens is 5. The summed E-state index contributed by atoms with van der Waals surface area (Å²) in [6.45, 7) is -0.793. The molecule has 1 atom stereocenters. The zero-order valence-corrected chi connectivity index (χ0v) is 15.0. The summed E-state index contributed by atoms with van der Waals surface area (Å²) in [7, 11) is -6.47. The Morgan fingerprint density at radius 2 is 1.66 bits per heavy atom. The number of hydrogen-bond acceptors (Lipinski definition) is 8. The van der Waals surface area contributed by atoms with Crippen LogP contribution in [0.3, 0.4) is 0 Å². The lowest BCUT2D eigenvalue weighted by atomic mass is 10.2. The third-order valence-electron chi connectivity index (χ3n) is 3.07. The first-order chi connectivity index (χ1) is 13.2. The highest BCUT2D eigenvalue weighted by atomic mass is 32.2. The van der Waals surface area contributed by atoms with Gasteiger partial charge < -0.3 is 18.8 Å². The minimum Gasteiger partial charge on any atom is -0.743 e. The van der Waals surface area contributed by atoms with Crippen LogP contribution in [0.2, 0.25) is 0 Å². The zero-order chi connectivity index (χ0) is 22.5. The molecule has 0 fully saturated rings. The van der Waals surface area contributed by atoms with Crippen molar-refractivity contribution in [3.8, 4) is 0 Å². The predicted molar refractivity (Wildman–Crippen MR) is 81.9 cm³/mol. The standard InChI is InChI=1S/C15H13F5O8S/c1-2-11(21)28-14(15(18,19)20,27-9-13(16,17)29(23,24)25)12(22)26-8-10-6-4-3-5-7-10/h2-7H,1,8-9H2,(H,23,24,25)/p-1. The van der Waals surface area contributed by atoms with Crippen LogP contribution in [0.4, 0.5) is 22.0 Å². The van der Waals surface area contributed by atoms with Crippen molar-refractivity contribution < 1.29 is 58.7 Å². The lowest BCUT2D eigenvalue weighted by Crippen LogP contribution is -2.59. The topological polar surface area (TPSA) is 119 Å². The highest BCUT2D eigenvalue weighted by Gasteiger charge is 2.68. The fourth-order valence-corrected chi connectivity index (χ4v) is 1.85. The molecule has 0 aliphatic carbocycles. The number of alkyl halides is 5. The lowest BCUT2D eigenvalue weighted by Gasteiger charge is -2.33. The van der Waals surface area contributed by atoms with Gasteiger partial charge in [-0.05, 0) is 5.56 Å². The van der Waals surface area contributed by atoms with Gasteiger partial charge >= 0.3 is 29.2 Å². The SMILES string of the molecule is C=CC(=O)OC(OCC(F)(F)S(=O)(=O)[O-])(C(=O)OCc1ccccc1)C(F)(F)F. The number of benzene rings is 1. The molecular formula is C15H12F5O8S-. The Hall–Kier alpha value is -2.58. The van der Waals surface area contributed by atoms with Crippen LogP contribution < -0.4 is 0 Å². The summed E-state index contributed by atoms with van der Waals surface area (Å²) in [4.78, 5) is 23.3. The van der Waals surface area contributed by atoms with Gasteiger partial charge in [0.1, 0.15) is 13.2 Å². The van der Waals surface area contributed by atoms with Gasteiger partial charge in [0.25, 0.3) is 0 Å². The number of carbonyl (C=O) groups excluding carboxylic acids is 2. The van der Waals surface area contributed by atoms with Gasteiger partial charge in [0, 0.05) is 6.08 Å². The second-order valence-electron chi connectivity index (χ2n) is 5.18. The van der Waals surface area contributed by atoms with Crippen LogP contribution in [-0.2, 0) is 40.5 Å². The van der Waals surface area contributed by atoms with Crippen molar-refractivity contribution in [2.45, 2.75) is 23.8 Å². The van der Waals surface area contributed by atoms with E-state index in [-0.39, 0.29) is 11.6 Å². The van der Waals surface area contributed by atoms with Crippen LogP contribution in [0.15, 0.2) is 43.0 Å². The molecule has 1 aromatic rings. The van der Waals surface area contributed by atoms with Gasteiger partial charge in [0.15, 0.2) is 10.1 Å². The molecule has 0 N–H and O–H groups in total. The molecule has 0 spiro atoms. The molecule has 1 aromatic carbocycles. The lowest BCUT2D eigenvalue weighted by molar-refractivity contribution is -0.360. The van der Waals surface area contributed by atoms with E-state index in [1.807, 2.05) is 0 Å². The molecule has 162 valence electrons. The van der Waals surface area contributed by atoms with Crippen LogP contribution in [0.1, 0.15) is 5.56 Å². The van der Waals surface area contributed by atoms with Gasteiger partial charge in [0.2, 0.25) is 0 Å². The normalized spacial score (nSPS) is 14.6. The van der Waals surface area contributed by atoms with Crippen LogP contribution in [0.25, 0.3) is 0 Å². The largest absolute Gasteiger partial charge is 0.743 e. The van der Waals surface area contributed by atoms with E-state index in [2.05, 4.69) is 20.8 Å². The number of esters is 2. The summed E-state index contributed by atoms with van der Waals surface area (Å²) in [6.07, 6.45) is -5.86. The van der Waals surface area contributed by atoms with Crippen molar-refractivity contribution in [2.75, 3.05) is 6.61 Å². The highest BCUT2D eigenvalue weighted by Crippen LogP contribution is 2.38. The summed E-state index contributed by atoms with van der Waals surface area (Å²) in [5, 5.41) is -5.39. The monoisotopic (exact) mass is 447 g/mol. The first-order valence-electron chi connectivity index (χ1n) is 7.27. The molecule has 0 aliphatic rings. The van der Waals surface area contributed by atoms with E-state index < -0.39 is 52.5 Å². The van der Waals surface area contributed by atoms with E-state index in [0.29, 0.717) is 0 Å². The summed E-state index contributed by atoms with van der Waals surface area (Å²) in [5.74, 6) is -9.23. The maximum absolute atomic E-state index is 13.5. The molecule has 0 saturated carbocycles. The molecule has 0 aromatic heterocycles. The molecule has 0 amide bonds. The van der Waals surface area contributed by atoms with Gasteiger partial charge in [-0.1, -0.05) is 36.9 Å². The second-order valence-corrected chi connectivity index (χ2v) is 6.69. The van der Waals surface area contributed by atoms with Crippen molar-refractivity contribution in [3.05, 3.63) is 48.6 Å². The molecular weight excluding hydrogens is 435 g/mol. The maximum atomic E-state index is 13.5. The minimum atomic E-state index is -6.47. The van der Waals surface area contributed by atoms with E-state index in [0.717, 1.165) is 0 Å². The molecule has 1 rings (SSSR count). The van der Waals surface area contributed by atoms with Gasteiger partial charge in [-0.3, -0.25) is 0 Å². The summed E-state index contributed by atoms with van der Waals surface area (Å²) in [5.41, 5.74) is 0.166. The summed E-state index contributed by atoms with van der Waals surface area (Å²) in [6, 6.07) is 7.07. The molecule has 14 heteroatoms. The number of carbonyl (C=O) groups is 2. The van der Waals surface area contributed by atoms with Gasteiger partial charge in [-0.2, -0.15) is 22.0 Å². The molecule has 0 heterocycles. The van der Waals surface area contributed by atoms with Crippen LogP contribution >= 0.6 is 0 Å². The highest BCUT2D eigenvalue weighted by molar-refractivity contribution is 7.86. The van der Waals surface area contributed by atoms with Gasteiger partial charge in [-0.25, -0.2) is 18.0 Å². The van der Waals surface area contributed by atoms with Crippen LogP contribution in [-0.4, -0.2) is 48.7 Å². The van der Waals surface area contributed by atoms with Crippen molar-refractivity contribution in [3.63, 3.8) is 0 Å². The number of hydrogen-bond donors (Lipinski definition) is 0. The predicted octanol–water partition coefficient (Wildman–Crippen LogP) is 1.87. The smallest absolute Gasteiger partial charge is 0.468 e. The van der Waals surface area contributed by atoms with E-state index in [1.54, 1.807) is 0 Å². The zero-order valence-electron chi connectivity index (χ0n) is 14.1. The average molecular weight is 447 g/mol. The van der Waals surface area contributed by atoms with Crippen molar-refractivity contribution in [2.24, 2.45) is 0 Å². The molecule has 0 aliphatic heterocycles. The molecule has 0 radical (unpaired) electrons. The van der Waals surface area contributed by atoms with Crippen molar-refractivity contribution >= 4 is 22.1 Å². The van der Waals surface area contributed by atoms with Crippen LogP contribution in [0, 0.1) is 0 Å². The minimum absolute atomic E-state index is 0.150. The Morgan fingerprint density at radius 1 is 1.10 bits per heavy atom. The Morgan fingerprint density at radius 3 is 2.10 bits per heavy atom. The quantitative estimate of drug-likeness (QED) is 0.185. The van der Waals surface area contributed by atoms with Gasteiger partial charge in [0.05, 0.1) is 0 Å². The third-order valence-corrected chi connectivity index (χ3v) is 3.92. The summed E-state index contributed by atoms with van der Waals surface area (Å²) < 4.78 is 110. The molecule has 0 saturated heterocycles. The van der Waals surface area contributed by atoms with E-state index in [1.165, 1.54) is 30.3 Å². The Balaban J connectivity index is 3.27. The molecule has 8 nitrogen and oxygen atoms in total. The van der Waals surface area contributed by atoms with Crippen molar-refractivity contribution in [1.29, 1.82) is 0 Å². The fourth-order valence-electron chi connectivity index (χ4n) is 1.64. The van der Waals surface area contributed by atoms with E-state index >= 15 is 0 Å². The molecule has 1 unspecified atom stereocenters. The van der Waals surface area contributed by atoms with Crippen molar-refractivity contribution in [1.82, 2.24) is 0 Å². The van der Waals surface area contributed by atoms with E-state index in [4.69, 9.17) is 0 Å². The Kier molecular flexibility index (Phi) is 7.45. The maximum Gasteiger partial charge on any atom is 0.468 e. The molecule has 0 bridgehead atoms. The molecule has 29 heavy (non-hydrogen) atoms. The fraction of sp³-hybridized carbons (Fsp3) is 0.333. The van der Waals surface area contributed by atoms with Crippen LogP contribution in [0.5, 0.6) is 0 Å². The Labute approximate surface area is 160 Å².